The molecule has 0 aliphatic rings. The summed E-state index contributed by atoms with van der Waals surface area (Å²) in [7, 11) is -5.98. The topological polar surface area (TPSA) is 91.3 Å². The number of aromatic nitrogens is 3. The Morgan fingerprint density at radius 1 is 0.667 bits per heavy atom. The van der Waals surface area contributed by atoms with Gasteiger partial charge in [0.25, 0.3) is 5.88 Å². The highest BCUT2D eigenvalue weighted by Gasteiger charge is 2.49. The number of alkyl halides is 3. The van der Waals surface area contributed by atoms with E-state index < -0.39 is 21.5 Å². The third-order valence-corrected chi connectivity index (χ3v) is 7.11. The predicted octanol–water partition coefficient (Wildman–Crippen LogP) is 6.53. The van der Waals surface area contributed by atoms with E-state index in [1.54, 1.807) is 30.3 Å². The maximum atomic E-state index is 13.0. The van der Waals surface area contributed by atoms with Crippen molar-refractivity contribution in [1.29, 1.82) is 0 Å². The molecule has 0 N–H and O–H groups in total. The smallest absolute Gasteiger partial charge is 0.482 e. The van der Waals surface area contributed by atoms with Gasteiger partial charge in [0.1, 0.15) is 12.4 Å². The molecule has 0 saturated carbocycles. The van der Waals surface area contributed by atoms with Crippen LogP contribution >= 0.6 is 0 Å². The van der Waals surface area contributed by atoms with Crippen LogP contribution in [0, 0.1) is 0 Å². The lowest BCUT2D eigenvalue weighted by atomic mass is 10.0. The molecule has 0 amide bonds. The molecule has 0 aliphatic heterocycles. The zero-order chi connectivity index (χ0) is 29.6. The fourth-order valence-corrected chi connectivity index (χ4v) is 4.45. The van der Waals surface area contributed by atoms with Crippen molar-refractivity contribution >= 4 is 10.1 Å². The Labute approximate surface area is 240 Å². The van der Waals surface area contributed by atoms with Gasteiger partial charge in [-0.2, -0.15) is 26.6 Å². The molecule has 5 rings (SSSR count). The van der Waals surface area contributed by atoms with Crippen LogP contribution in [-0.4, -0.2) is 28.9 Å². The molecule has 2 heterocycles. The first-order chi connectivity index (χ1) is 20.2. The third-order valence-electron chi connectivity index (χ3n) is 6.17. The summed E-state index contributed by atoms with van der Waals surface area (Å²) in [6.45, 7) is -0.0608. The van der Waals surface area contributed by atoms with E-state index in [-0.39, 0.29) is 24.6 Å². The van der Waals surface area contributed by atoms with Crippen LogP contribution in [0.1, 0.15) is 28.1 Å². The number of rotatable bonds is 10. The summed E-state index contributed by atoms with van der Waals surface area (Å²) in [5, 5.41) is 0. The Bertz CT molecular complexity index is 1730. The van der Waals surface area contributed by atoms with Crippen molar-refractivity contribution in [2.45, 2.75) is 25.0 Å². The van der Waals surface area contributed by atoms with Crippen molar-refractivity contribution < 1.29 is 30.5 Å². The number of benzene rings is 3. The van der Waals surface area contributed by atoms with Gasteiger partial charge in [0.2, 0.25) is 5.75 Å². The molecule has 2 aromatic heterocycles. The van der Waals surface area contributed by atoms with Crippen LogP contribution in [-0.2, 0) is 29.6 Å². The van der Waals surface area contributed by atoms with E-state index >= 15 is 0 Å². The summed E-state index contributed by atoms with van der Waals surface area (Å²) in [4.78, 5) is 12.7. The molecule has 0 atom stereocenters. The van der Waals surface area contributed by atoms with Gasteiger partial charge in [0.15, 0.2) is 0 Å². The van der Waals surface area contributed by atoms with Crippen molar-refractivity contribution in [1.82, 2.24) is 15.0 Å². The van der Waals surface area contributed by atoms with Crippen molar-refractivity contribution in [3.63, 3.8) is 0 Å². The lowest BCUT2D eigenvalue weighted by Gasteiger charge is -2.14. The van der Waals surface area contributed by atoms with Gasteiger partial charge in [-0.05, 0) is 34.7 Å². The average molecular weight is 592 g/mol. The van der Waals surface area contributed by atoms with Gasteiger partial charge in [-0.15, -0.1) is 0 Å². The lowest BCUT2D eigenvalue weighted by molar-refractivity contribution is -0.0502. The third kappa shape index (κ3) is 7.29. The highest BCUT2D eigenvalue weighted by atomic mass is 32.2. The molecule has 0 fully saturated rings. The summed E-state index contributed by atoms with van der Waals surface area (Å²) in [6.07, 6.45) is 3.81. The van der Waals surface area contributed by atoms with Crippen molar-refractivity contribution in [2.75, 3.05) is 0 Å². The van der Waals surface area contributed by atoms with Gasteiger partial charge < -0.3 is 8.92 Å². The number of pyridine rings is 1. The zero-order valence-electron chi connectivity index (χ0n) is 22.0. The first kappa shape index (κ1) is 28.7. The van der Waals surface area contributed by atoms with Crippen LogP contribution in [0.4, 0.5) is 13.2 Å². The van der Waals surface area contributed by atoms with Gasteiger partial charge in [-0.1, -0.05) is 91.0 Å². The van der Waals surface area contributed by atoms with E-state index in [4.69, 9.17) is 4.74 Å². The minimum absolute atomic E-state index is 0.0468. The fourth-order valence-electron chi connectivity index (χ4n) is 4.03. The number of halogens is 3. The largest absolute Gasteiger partial charge is 0.534 e. The van der Waals surface area contributed by atoms with Gasteiger partial charge in [0, 0.05) is 18.2 Å². The quantitative estimate of drug-likeness (QED) is 0.135. The van der Waals surface area contributed by atoms with Gasteiger partial charge in [-0.25, -0.2) is 4.98 Å². The Morgan fingerprint density at radius 3 is 1.90 bits per heavy atom. The fraction of sp³-hybridized carbons (Fsp3) is 0.129. The molecule has 0 spiro atoms. The van der Waals surface area contributed by atoms with Crippen molar-refractivity contribution in [3.05, 3.63) is 138 Å². The molecule has 0 bridgehead atoms. The minimum atomic E-state index is -5.98. The summed E-state index contributed by atoms with van der Waals surface area (Å²) in [5.41, 5.74) is -0.273. The SMILES string of the molecule is O=S(=O)(Oc1nc(Cc2ccc(-c3ccc(Cc4ccccc4)cn3)cc2)ncc1OCc1ccccc1)C(F)(F)F. The molecule has 42 heavy (non-hydrogen) atoms. The van der Waals surface area contributed by atoms with Crippen molar-refractivity contribution in [3.8, 4) is 22.9 Å². The van der Waals surface area contributed by atoms with E-state index in [0.29, 0.717) is 5.56 Å². The molecule has 0 radical (unpaired) electrons. The Kier molecular flexibility index (Phi) is 8.48. The number of hydrogen-bond acceptors (Lipinski definition) is 7. The highest BCUT2D eigenvalue weighted by molar-refractivity contribution is 7.88. The van der Waals surface area contributed by atoms with Gasteiger partial charge in [0.05, 0.1) is 11.9 Å². The summed E-state index contributed by atoms with van der Waals surface area (Å²) < 4.78 is 72.5. The normalized spacial score (nSPS) is 11.7. The van der Waals surface area contributed by atoms with E-state index in [1.807, 2.05) is 60.8 Å². The molecule has 0 saturated heterocycles. The number of ether oxygens (including phenoxy) is 1. The van der Waals surface area contributed by atoms with Crippen LogP contribution in [0.2, 0.25) is 0 Å². The number of nitrogens with zero attached hydrogens (tertiary/aromatic N) is 3. The molecule has 7 nitrogen and oxygen atoms in total. The molecule has 214 valence electrons. The molecular formula is C31H24F3N3O4S. The molecule has 11 heteroatoms. The van der Waals surface area contributed by atoms with Crippen LogP contribution in [0.25, 0.3) is 11.3 Å². The first-order valence-electron chi connectivity index (χ1n) is 12.8. The van der Waals surface area contributed by atoms with Gasteiger partial charge in [-0.3, -0.25) is 4.98 Å². The molecular weight excluding hydrogens is 567 g/mol. The van der Waals surface area contributed by atoms with Crippen LogP contribution in [0.3, 0.4) is 0 Å². The van der Waals surface area contributed by atoms with E-state index in [0.717, 1.165) is 35.0 Å². The Morgan fingerprint density at radius 2 is 1.29 bits per heavy atom. The highest BCUT2D eigenvalue weighted by Crippen LogP contribution is 2.32. The second-order valence-corrected chi connectivity index (χ2v) is 10.8. The standard InChI is InChI=1S/C31H24F3N3O4S/c32-31(33,34)42(38,39)41-30-28(40-21-24-9-5-2-6-10-24)20-36-29(37-30)18-23-11-14-26(15-12-23)27-16-13-25(19-35-27)17-22-7-3-1-4-8-22/h1-16,19-20H,17-18,21H2. The predicted molar refractivity (Wildman–Crippen MR) is 150 cm³/mol. The van der Waals surface area contributed by atoms with Crippen molar-refractivity contribution in [2.24, 2.45) is 0 Å². The van der Waals surface area contributed by atoms with E-state index in [9.17, 15) is 21.6 Å². The van der Waals surface area contributed by atoms with Crippen LogP contribution in [0.5, 0.6) is 11.6 Å². The second-order valence-electron chi connectivity index (χ2n) is 9.30. The minimum Gasteiger partial charge on any atom is -0.482 e. The molecule has 5 aromatic rings. The van der Waals surface area contributed by atoms with Crippen LogP contribution < -0.4 is 8.92 Å². The summed E-state index contributed by atoms with van der Waals surface area (Å²) in [6, 6.07) is 30.2. The molecule has 0 unspecified atom stereocenters. The summed E-state index contributed by atoms with van der Waals surface area (Å²) >= 11 is 0. The Hall–Kier alpha value is -4.77. The van der Waals surface area contributed by atoms with Crippen LogP contribution in [0.15, 0.2) is 109 Å². The number of hydrogen-bond donors (Lipinski definition) is 0. The average Bonchev–Trinajstić information content (AvgIpc) is 2.98. The molecule has 0 aliphatic carbocycles. The second kappa shape index (κ2) is 12.4. The molecule has 3 aromatic carbocycles. The van der Waals surface area contributed by atoms with Gasteiger partial charge >= 0.3 is 15.6 Å². The zero-order valence-corrected chi connectivity index (χ0v) is 22.8. The maximum Gasteiger partial charge on any atom is 0.534 e. The first-order valence-corrected chi connectivity index (χ1v) is 14.2. The Balaban J connectivity index is 1.31. The maximum absolute atomic E-state index is 13.0. The lowest BCUT2D eigenvalue weighted by Crippen LogP contribution is -2.28. The summed E-state index contributed by atoms with van der Waals surface area (Å²) in [5.74, 6) is -1.14. The monoisotopic (exact) mass is 591 g/mol. The van der Waals surface area contributed by atoms with E-state index in [1.165, 1.54) is 5.56 Å². The van der Waals surface area contributed by atoms with E-state index in [2.05, 4.69) is 31.3 Å².